The Labute approximate surface area is 292 Å². The second-order valence-electron chi connectivity index (χ2n) is 12.9. The highest BCUT2D eigenvalue weighted by Gasteiger charge is 2.25. The molecule has 12 rings (SSSR count). The maximum absolute atomic E-state index is 6.61. The largest absolute Gasteiger partial charge is 0.455 e. The Hall–Kier alpha value is -6.08. The number of aromatic nitrogens is 3. The zero-order valence-electron chi connectivity index (χ0n) is 26.3. The van der Waals surface area contributed by atoms with Gasteiger partial charge in [0.2, 0.25) is 5.95 Å². The zero-order valence-corrected chi connectivity index (χ0v) is 28.0. The molecular weight excluding hydrogens is 651 g/mol. The van der Waals surface area contributed by atoms with Gasteiger partial charge in [-0.05, 0) is 41.1 Å². The third-order valence-electron chi connectivity index (χ3n) is 10.2. The van der Waals surface area contributed by atoms with Crippen molar-refractivity contribution in [3.8, 4) is 17.2 Å². The molecule has 0 atom stereocenters. The number of hydrogen-bond donors (Lipinski definition) is 0. The molecule has 0 aliphatic rings. The summed E-state index contributed by atoms with van der Waals surface area (Å²) >= 11 is 3.60. The van der Waals surface area contributed by atoms with Gasteiger partial charge in [0.1, 0.15) is 11.2 Å². The number of fused-ring (bicyclic) bond motifs is 16. The molecule has 12 aromatic rings. The van der Waals surface area contributed by atoms with Gasteiger partial charge in [-0.1, -0.05) is 109 Å². The lowest BCUT2D eigenvalue weighted by Crippen LogP contribution is -2.03. The molecule has 5 aromatic heterocycles. The van der Waals surface area contributed by atoms with E-state index in [0.717, 1.165) is 59.8 Å². The first kappa shape index (κ1) is 26.8. The number of furan rings is 1. The van der Waals surface area contributed by atoms with E-state index in [-0.39, 0.29) is 0 Å². The van der Waals surface area contributed by atoms with Gasteiger partial charge in [-0.3, -0.25) is 4.57 Å². The standard InChI is InChI=1S/C44H23N3OS2/c1-2-14-26-25(13-1)36-28-15-3-7-20-32(28)47(40(36)42-37(26)29-16-5-9-22-34(29)49-42)44-45-38-30-17-6-10-23-35(30)50-43(38)39(46-44)31-19-11-18-27-24-12-4-8-21-33(24)48-41(27)31/h1-23H. The van der Waals surface area contributed by atoms with Crippen LogP contribution in [0.5, 0.6) is 0 Å². The fourth-order valence-electron chi connectivity index (χ4n) is 8.13. The van der Waals surface area contributed by atoms with Crippen molar-refractivity contribution in [3.63, 3.8) is 0 Å². The molecule has 0 bridgehead atoms. The van der Waals surface area contributed by atoms with E-state index in [2.05, 4.69) is 132 Å². The minimum atomic E-state index is 0.657. The summed E-state index contributed by atoms with van der Waals surface area (Å²) in [4.78, 5) is 11.1. The molecule has 0 amide bonds. The van der Waals surface area contributed by atoms with E-state index < -0.39 is 0 Å². The van der Waals surface area contributed by atoms with Gasteiger partial charge in [0.25, 0.3) is 0 Å². The Bertz CT molecular complexity index is 3400. The van der Waals surface area contributed by atoms with E-state index in [1.54, 1.807) is 11.3 Å². The lowest BCUT2D eigenvalue weighted by Gasteiger charge is -2.11. The van der Waals surface area contributed by atoms with Crippen LogP contribution in [0.2, 0.25) is 0 Å². The molecule has 0 saturated heterocycles. The summed E-state index contributed by atoms with van der Waals surface area (Å²) in [7, 11) is 0. The maximum Gasteiger partial charge on any atom is 0.235 e. The van der Waals surface area contributed by atoms with Crippen molar-refractivity contribution in [2.24, 2.45) is 0 Å². The first-order chi connectivity index (χ1) is 24.8. The van der Waals surface area contributed by atoms with Crippen LogP contribution in [0.4, 0.5) is 0 Å². The highest BCUT2D eigenvalue weighted by Crippen LogP contribution is 2.48. The van der Waals surface area contributed by atoms with E-state index in [9.17, 15) is 0 Å². The molecule has 0 saturated carbocycles. The van der Waals surface area contributed by atoms with Crippen LogP contribution >= 0.6 is 22.7 Å². The molecule has 0 N–H and O–H groups in total. The summed E-state index contributed by atoms with van der Waals surface area (Å²) in [5, 5.41) is 10.8. The van der Waals surface area contributed by atoms with Crippen LogP contribution in [0.15, 0.2) is 144 Å². The van der Waals surface area contributed by atoms with Gasteiger partial charge < -0.3 is 4.42 Å². The Kier molecular flexibility index (Phi) is 5.23. The third-order valence-corrected chi connectivity index (χ3v) is 12.6. The highest BCUT2D eigenvalue weighted by molar-refractivity contribution is 7.27. The van der Waals surface area contributed by atoms with Gasteiger partial charge in [0, 0.05) is 52.7 Å². The molecule has 0 unspecified atom stereocenters. The van der Waals surface area contributed by atoms with Crippen molar-refractivity contribution in [1.82, 2.24) is 14.5 Å². The molecule has 0 spiro atoms. The quantitative estimate of drug-likeness (QED) is 0.183. The maximum atomic E-state index is 6.61. The van der Waals surface area contributed by atoms with Gasteiger partial charge >= 0.3 is 0 Å². The topological polar surface area (TPSA) is 43.9 Å². The highest BCUT2D eigenvalue weighted by atomic mass is 32.1. The van der Waals surface area contributed by atoms with Crippen molar-refractivity contribution in [2.45, 2.75) is 0 Å². The normalized spacial score (nSPS) is 12.4. The summed E-state index contributed by atoms with van der Waals surface area (Å²) in [6.07, 6.45) is 0. The van der Waals surface area contributed by atoms with E-state index in [4.69, 9.17) is 14.4 Å². The monoisotopic (exact) mass is 673 g/mol. The zero-order chi connectivity index (χ0) is 32.5. The van der Waals surface area contributed by atoms with Crippen molar-refractivity contribution in [1.29, 1.82) is 0 Å². The molecule has 5 heterocycles. The van der Waals surface area contributed by atoms with Crippen LogP contribution in [0, 0.1) is 0 Å². The van der Waals surface area contributed by atoms with Crippen molar-refractivity contribution < 1.29 is 4.42 Å². The van der Waals surface area contributed by atoms with E-state index in [1.807, 2.05) is 23.5 Å². The van der Waals surface area contributed by atoms with Crippen molar-refractivity contribution >= 4 is 118 Å². The van der Waals surface area contributed by atoms with E-state index >= 15 is 0 Å². The predicted molar refractivity (Wildman–Crippen MR) is 212 cm³/mol. The molecule has 0 aliphatic heterocycles. The summed E-state index contributed by atoms with van der Waals surface area (Å²) in [5.41, 5.74) is 6.76. The molecule has 0 fully saturated rings. The van der Waals surface area contributed by atoms with Crippen LogP contribution in [0.3, 0.4) is 0 Å². The molecule has 50 heavy (non-hydrogen) atoms. The average Bonchev–Trinajstić information content (AvgIpc) is 3.93. The molecule has 6 heteroatoms. The first-order valence-electron chi connectivity index (χ1n) is 16.7. The fourth-order valence-corrected chi connectivity index (χ4v) is 10.5. The Morgan fingerprint density at radius 1 is 0.480 bits per heavy atom. The predicted octanol–water partition coefficient (Wildman–Crippen LogP) is 13.0. The summed E-state index contributed by atoms with van der Waals surface area (Å²) in [6.45, 7) is 0. The van der Waals surface area contributed by atoms with Crippen LogP contribution in [0.1, 0.15) is 0 Å². The van der Waals surface area contributed by atoms with Crippen molar-refractivity contribution in [3.05, 3.63) is 140 Å². The number of thiophene rings is 2. The smallest absolute Gasteiger partial charge is 0.235 e. The van der Waals surface area contributed by atoms with Crippen LogP contribution in [-0.4, -0.2) is 14.5 Å². The molecule has 0 aliphatic carbocycles. The molecule has 4 nitrogen and oxygen atoms in total. The SMILES string of the molecule is c1ccc2c(c1)oc1c(-c3nc(-n4c5ccccc5c5c6ccccc6c6c7ccccc7sc6c54)nc4c3sc3ccccc34)cccc12. The molecule has 232 valence electrons. The molecular formula is C44H23N3OS2. The lowest BCUT2D eigenvalue weighted by molar-refractivity contribution is 0.670. The lowest BCUT2D eigenvalue weighted by atomic mass is 9.99. The number of para-hydroxylation sites is 3. The van der Waals surface area contributed by atoms with Gasteiger partial charge in [-0.2, -0.15) is 0 Å². The van der Waals surface area contributed by atoms with Gasteiger partial charge in [-0.15, -0.1) is 22.7 Å². The van der Waals surface area contributed by atoms with Crippen LogP contribution in [0.25, 0.3) is 112 Å². The average molecular weight is 674 g/mol. The summed E-state index contributed by atoms with van der Waals surface area (Å²) in [5.74, 6) is 0.657. The minimum Gasteiger partial charge on any atom is -0.455 e. The van der Waals surface area contributed by atoms with Gasteiger partial charge in [-0.25, -0.2) is 9.97 Å². The van der Waals surface area contributed by atoms with Crippen LogP contribution < -0.4 is 0 Å². The minimum absolute atomic E-state index is 0.657. The first-order valence-corrected chi connectivity index (χ1v) is 18.3. The number of hydrogen-bond acceptors (Lipinski definition) is 5. The third kappa shape index (κ3) is 3.44. The van der Waals surface area contributed by atoms with Gasteiger partial charge in [0.15, 0.2) is 0 Å². The fraction of sp³-hybridized carbons (Fsp3) is 0. The Morgan fingerprint density at radius 3 is 1.94 bits per heavy atom. The summed E-state index contributed by atoms with van der Waals surface area (Å²) < 4.78 is 13.7. The second kappa shape index (κ2) is 9.76. The number of nitrogens with zero attached hydrogens (tertiary/aromatic N) is 3. The number of benzene rings is 7. The Balaban J connectivity index is 1.30. The van der Waals surface area contributed by atoms with E-state index in [0.29, 0.717) is 5.95 Å². The molecule has 0 radical (unpaired) electrons. The summed E-state index contributed by atoms with van der Waals surface area (Å²) in [6, 6.07) is 49.6. The van der Waals surface area contributed by atoms with Gasteiger partial charge in [0.05, 0.1) is 31.6 Å². The number of rotatable bonds is 2. The van der Waals surface area contributed by atoms with Crippen molar-refractivity contribution in [2.75, 3.05) is 0 Å². The molecule has 7 aromatic carbocycles. The second-order valence-corrected chi connectivity index (χ2v) is 15.0. The Morgan fingerprint density at radius 2 is 1.10 bits per heavy atom. The van der Waals surface area contributed by atoms with E-state index in [1.165, 1.54) is 46.4 Å². The van der Waals surface area contributed by atoms with Crippen LogP contribution in [-0.2, 0) is 0 Å².